The van der Waals surface area contributed by atoms with Crippen LogP contribution in [0.2, 0.25) is 0 Å². The van der Waals surface area contributed by atoms with E-state index in [0.717, 1.165) is 25.7 Å². The zero-order valence-electron chi connectivity index (χ0n) is 19.0. The number of carbonyl (C=O) groups excluding carboxylic acids is 2. The Morgan fingerprint density at radius 1 is 1.00 bits per heavy atom. The van der Waals surface area contributed by atoms with Gasteiger partial charge in [0, 0.05) is 18.9 Å². The number of allylic oxidation sites excluding steroid dienone is 2. The topological polar surface area (TPSA) is 139 Å². The van der Waals surface area contributed by atoms with Crippen LogP contribution < -0.4 is 10.6 Å². The van der Waals surface area contributed by atoms with Gasteiger partial charge in [0.1, 0.15) is 5.75 Å². The fraction of sp³-hybridized carbons (Fsp3) is 0.542. The number of unbranched alkanes of at least 4 members (excludes halogenated alkanes) is 1. The standard InChI is InChI=1S/C24H32N2O7S/c27-22(15-26-23(28)16-34(31,32)17-8-4-3-5-9-17)25-14-19-18(20-12-13-21(19)33-20)10-6-1-2-7-11-24(29)30/h1,3-6,8-9,18-21H,2,7,10-16H2,(H,25,27)(H,26,28)(H,29,30)/b6-1-/t18-,19+,20-,21+/m0/s1. The van der Waals surface area contributed by atoms with Crippen molar-refractivity contribution < 1.29 is 32.6 Å². The average molecular weight is 493 g/mol. The maximum absolute atomic E-state index is 12.3. The van der Waals surface area contributed by atoms with Crippen LogP contribution >= 0.6 is 0 Å². The van der Waals surface area contributed by atoms with Gasteiger partial charge in [-0.3, -0.25) is 14.4 Å². The highest BCUT2D eigenvalue weighted by Crippen LogP contribution is 2.44. The van der Waals surface area contributed by atoms with Gasteiger partial charge in [0.15, 0.2) is 9.84 Å². The van der Waals surface area contributed by atoms with Crippen molar-refractivity contribution in [2.75, 3.05) is 18.8 Å². The van der Waals surface area contributed by atoms with Gasteiger partial charge in [0.05, 0.1) is 23.6 Å². The number of fused-ring (bicyclic) bond motifs is 2. The van der Waals surface area contributed by atoms with Crippen LogP contribution in [0.4, 0.5) is 0 Å². The number of ether oxygens (including phenoxy) is 1. The molecule has 4 atom stereocenters. The van der Waals surface area contributed by atoms with Crippen molar-refractivity contribution in [2.45, 2.75) is 55.6 Å². The molecule has 186 valence electrons. The first-order valence-corrected chi connectivity index (χ1v) is 13.2. The molecule has 2 heterocycles. The van der Waals surface area contributed by atoms with Gasteiger partial charge in [-0.25, -0.2) is 8.42 Å². The summed E-state index contributed by atoms with van der Waals surface area (Å²) < 4.78 is 30.6. The second-order valence-corrected chi connectivity index (χ2v) is 10.8. The van der Waals surface area contributed by atoms with Gasteiger partial charge in [0.2, 0.25) is 11.8 Å². The molecule has 10 heteroatoms. The van der Waals surface area contributed by atoms with Gasteiger partial charge >= 0.3 is 5.97 Å². The molecule has 1 aromatic rings. The molecule has 0 aromatic heterocycles. The molecule has 2 aliphatic rings. The van der Waals surface area contributed by atoms with Gasteiger partial charge in [-0.05, 0) is 50.2 Å². The number of carboxylic acid groups (broad SMARTS) is 1. The van der Waals surface area contributed by atoms with Crippen LogP contribution in [0.1, 0.15) is 38.5 Å². The van der Waals surface area contributed by atoms with Crippen molar-refractivity contribution in [1.29, 1.82) is 0 Å². The molecule has 2 aliphatic heterocycles. The molecule has 9 nitrogen and oxygen atoms in total. The highest BCUT2D eigenvalue weighted by atomic mass is 32.2. The number of hydrogen-bond acceptors (Lipinski definition) is 6. The summed E-state index contributed by atoms with van der Waals surface area (Å²) in [6.45, 7) is 0.134. The molecule has 0 saturated carbocycles. The third-order valence-electron chi connectivity index (χ3n) is 6.33. The van der Waals surface area contributed by atoms with E-state index in [-0.39, 0.29) is 47.8 Å². The molecule has 0 radical (unpaired) electrons. The quantitative estimate of drug-likeness (QED) is 0.281. The zero-order chi connectivity index (χ0) is 24.6. The van der Waals surface area contributed by atoms with Crippen LogP contribution in [0.25, 0.3) is 0 Å². The summed E-state index contributed by atoms with van der Waals surface area (Å²) in [7, 11) is -3.76. The third-order valence-corrected chi connectivity index (χ3v) is 7.96. The number of hydrogen-bond donors (Lipinski definition) is 3. The molecule has 2 fully saturated rings. The molecule has 0 aliphatic carbocycles. The lowest BCUT2D eigenvalue weighted by molar-refractivity contribution is -0.137. The lowest BCUT2D eigenvalue weighted by Crippen LogP contribution is -2.43. The van der Waals surface area contributed by atoms with E-state index in [9.17, 15) is 22.8 Å². The predicted molar refractivity (Wildman–Crippen MR) is 125 cm³/mol. The molecule has 3 rings (SSSR count). The Bertz CT molecular complexity index is 994. The van der Waals surface area contributed by atoms with Crippen molar-refractivity contribution in [3.05, 3.63) is 42.5 Å². The molecule has 0 spiro atoms. The lowest BCUT2D eigenvalue weighted by Gasteiger charge is -2.27. The normalized spacial score (nSPS) is 23.8. The van der Waals surface area contributed by atoms with E-state index in [4.69, 9.17) is 9.84 Å². The summed E-state index contributed by atoms with van der Waals surface area (Å²) in [4.78, 5) is 35.0. The summed E-state index contributed by atoms with van der Waals surface area (Å²) >= 11 is 0. The minimum absolute atomic E-state index is 0.0628. The molecular formula is C24H32N2O7S. The monoisotopic (exact) mass is 492 g/mol. The summed E-state index contributed by atoms with van der Waals surface area (Å²) in [5.74, 6) is -2.17. The number of rotatable bonds is 13. The van der Waals surface area contributed by atoms with E-state index >= 15 is 0 Å². The average Bonchev–Trinajstić information content (AvgIpc) is 3.40. The molecule has 1 aromatic carbocycles. The highest BCUT2D eigenvalue weighted by molar-refractivity contribution is 7.92. The maximum Gasteiger partial charge on any atom is 0.303 e. The second kappa shape index (κ2) is 12.1. The van der Waals surface area contributed by atoms with Crippen LogP contribution in [0.3, 0.4) is 0 Å². The summed E-state index contributed by atoms with van der Waals surface area (Å²) in [5.41, 5.74) is 0. The van der Waals surface area contributed by atoms with E-state index in [2.05, 4.69) is 16.7 Å². The van der Waals surface area contributed by atoms with Crippen LogP contribution in [-0.2, 0) is 29.0 Å². The fourth-order valence-electron chi connectivity index (χ4n) is 4.63. The summed E-state index contributed by atoms with van der Waals surface area (Å²) in [5, 5.41) is 13.9. The molecule has 2 amide bonds. The highest BCUT2D eigenvalue weighted by Gasteiger charge is 2.47. The number of aliphatic carboxylic acids is 1. The van der Waals surface area contributed by atoms with E-state index in [0.29, 0.717) is 13.0 Å². The number of nitrogens with one attached hydrogen (secondary N) is 2. The van der Waals surface area contributed by atoms with Crippen molar-refractivity contribution in [2.24, 2.45) is 11.8 Å². The molecular weight excluding hydrogens is 460 g/mol. The van der Waals surface area contributed by atoms with E-state index in [1.807, 2.05) is 6.08 Å². The number of sulfone groups is 1. The number of benzene rings is 1. The van der Waals surface area contributed by atoms with Gasteiger partial charge in [0.25, 0.3) is 0 Å². The first-order chi connectivity index (χ1) is 16.3. The predicted octanol–water partition coefficient (Wildman–Crippen LogP) is 1.69. The van der Waals surface area contributed by atoms with Crippen molar-refractivity contribution in [3.8, 4) is 0 Å². The molecule has 34 heavy (non-hydrogen) atoms. The summed E-state index contributed by atoms with van der Waals surface area (Å²) in [6, 6.07) is 7.71. The lowest BCUT2D eigenvalue weighted by atomic mass is 9.77. The first-order valence-electron chi connectivity index (χ1n) is 11.6. The van der Waals surface area contributed by atoms with Gasteiger partial charge in [-0.15, -0.1) is 0 Å². The molecule has 2 saturated heterocycles. The van der Waals surface area contributed by atoms with Crippen LogP contribution in [0, 0.1) is 11.8 Å². The molecule has 2 bridgehead atoms. The smallest absolute Gasteiger partial charge is 0.303 e. The van der Waals surface area contributed by atoms with Gasteiger partial charge in [-0.2, -0.15) is 0 Å². The zero-order valence-corrected chi connectivity index (χ0v) is 19.8. The summed E-state index contributed by atoms with van der Waals surface area (Å²) in [6.07, 6.45) is 8.58. The Morgan fingerprint density at radius 3 is 2.41 bits per heavy atom. The molecule has 0 unspecified atom stereocenters. The van der Waals surface area contributed by atoms with E-state index in [1.54, 1.807) is 18.2 Å². The maximum atomic E-state index is 12.3. The Morgan fingerprint density at radius 2 is 1.71 bits per heavy atom. The van der Waals surface area contributed by atoms with Crippen molar-refractivity contribution in [3.63, 3.8) is 0 Å². The first kappa shape index (κ1) is 25.9. The third kappa shape index (κ3) is 7.39. The second-order valence-electron chi connectivity index (χ2n) is 8.76. The Kier molecular flexibility index (Phi) is 9.23. The van der Waals surface area contributed by atoms with Gasteiger partial charge in [-0.1, -0.05) is 30.4 Å². The van der Waals surface area contributed by atoms with Crippen molar-refractivity contribution in [1.82, 2.24) is 10.6 Å². The minimum atomic E-state index is -3.76. The van der Waals surface area contributed by atoms with Gasteiger partial charge < -0.3 is 20.5 Å². The molecule has 3 N–H and O–H groups in total. The Labute approximate surface area is 199 Å². The fourth-order valence-corrected chi connectivity index (χ4v) is 5.82. The largest absolute Gasteiger partial charge is 0.481 e. The van der Waals surface area contributed by atoms with Crippen molar-refractivity contribution >= 4 is 27.6 Å². The Balaban J connectivity index is 1.40. The number of carboxylic acids is 1. The van der Waals surface area contributed by atoms with Crippen LogP contribution in [0.15, 0.2) is 47.4 Å². The SMILES string of the molecule is O=C(O)CCC/C=C\C[C@H]1[C@@H](CNC(=O)CNC(=O)CS(=O)(=O)c2ccccc2)[C@H]2CC[C@@H]1O2. The van der Waals surface area contributed by atoms with Crippen LogP contribution in [-0.4, -0.2) is 62.4 Å². The minimum Gasteiger partial charge on any atom is -0.481 e. The van der Waals surface area contributed by atoms with E-state index < -0.39 is 27.5 Å². The Hall–Kier alpha value is -2.72. The number of carbonyl (C=O) groups is 3. The number of amides is 2. The van der Waals surface area contributed by atoms with E-state index in [1.165, 1.54) is 12.1 Å². The van der Waals surface area contributed by atoms with Crippen LogP contribution in [0.5, 0.6) is 0 Å².